The minimum Gasteiger partial charge on any atom is -0.444 e. The normalized spacial score (nSPS) is 17.0. The number of amides is 1. The van der Waals surface area contributed by atoms with Crippen molar-refractivity contribution >= 4 is 27.5 Å². The van der Waals surface area contributed by atoms with Crippen molar-refractivity contribution in [2.45, 2.75) is 56.0 Å². The highest BCUT2D eigenvalue weighted by molar-refractivity contribution is 7.89. The van der Waals surface area contributed by atoms with Crippen molar-refractivity contribution in [3.05, 3.63) is 40.8 Å². The van der Waals surface area contributed by atoms with Crippen molar-refractivity contribution in [2.75, 3.05) is 13.1 Å². The number of rotatable bonds is 5. The molecule has 2 heterocycles. The standard InChI is InChI=1S/C20H24F3N3O5S2/c1-18(2,3)31-17(27)26-11-8-19(9-12-26,16-24-10-13-32-16)25-33(28,29)15-6-4-14(5-7-15)30-20(21,22)23/h4-7,10,13,25H,8-9,11-12H2,1-3H3. The highest BCUT2D eigenvalue weighted by Crippen LogP contribution is 2.36. The van der Waals surface area contributed by atoms with Gasteiger partial charge in [-0.05, 0) is 57.9 Å². The zero-order valence-electron chi connectivity index (χ0n) is 18.2. The van der Waals surface area contributed by atoms with E-state index in [2.05, 4.69) is 14.4 Å². The first-order valence-corrected chi connectivity index (χ1v) is 12.3. The lowest BCUT2D eigenvalue weighted by molar-refractivity contribution is -0.274. The fourth-order valence-electron chi connectivity index (χ4n) is 3.35. The molecule has 1 saturated heterocycles. The van der Waals surface area contributed by atoms with Crippen LogP contribution in [-0.2, 0) is 20.3 Å². The number of likely N-dealkylation sites (tertiary alicyclic amines) is 1. The topological polar surface area (TPSA) is 97.8 Å². The number of halogens is 3. The number of aromatic nitrogens is 1. The van der Waals surface area contributed by atoms with Crippen LogP contribution in [0.5, 0.6) is 5.75 Å². The first-order valence-electron chi connectivity index (χ1n) is 9.97. The predicted octanol–water partition coefficient (Wildman–Crippen LogP) is 4.25. The van der Waals surface area contributed by atoms with Crippen LogP contribution < -0.4 is 9.46 Å². The zero-order valence-corrected chi connectivity index (χ0v) is 19.8. The zero-order chi connectivity index (χ0) is 24.5. The number of alkyl halides is 3. The Balaban J connectivity index is 1.80. The van der Waals surface area contributed by atoms with Crippen molar-refractivity contribution < 1.29 is 35.9 Å². The number of sulfonamides is 1. The molecule has 182 valence electrons. The number of carbonyl (C=O) groups excluding carboxylic acids is 1. The van der Waals surface area contributed by atoms with Gasteiger partial charge < -0.3 is 14.4 Å². The predicted molar refractivity (Wildman–Crippen MR) is 114 cm³/mol. The van der Waals surface area contributed by atoms with E-state index in [-0.39, 0.29) is 30.8 Å². The molecule has 2 aromatic rings. The van der Waals surface area contributed by atoms with E-state index in [1.165, 1.54) is 16.2 Å². The molecule has 0 spiro atoms. The van der Waals surface area contributed by atoms with Crippen molar-refractivity contribution in [1.82, 2.24) is 14.6 Å². The summed E-state index contributed by atoms with van der Waals surface area (Å²) in [5, 5.41) is 2.25. The molecule has 0 aliphatic carbocycles. The number of benzene rings is 1. The number of hydrogen-bond donors (Lipinski definition) is 1. The van der Waals surface area contributed by atoms with E-state index in [9.17, 15) is 26.4 Å². The molecule has 0 atom stereocenters. The Morgan fingerprint density at radius 1 is 1.15 bits per heavy atom. The molecule has 1 N–H and O–H groups in total. The summed E-state index contributed by atoms with van der Waals surface area (Å²) in [7, 11) is -4.13. The van der Waals surface area contributed by atoms with Crippen LogP contribution in [0.3, 0.4) is 0 Å². The number of ether oxygens (including phenoxy) is 2. The van der Waals surface area contributed by atoms with Gasteiger partial charge in [-0.1, -0.05) is 0 Å². The Hall–Kier alpha value is -2.38. The van der Waals surface area contributed by atoms with Crippen LogP contribution in [0.15, 0.2) is 40.7 Å². The van der Waals surface area contributed by atoms with Crippen molar-refractivity contribution in [2.24, 2.45) is 0 Å². The molecule has 13 heteroatoms. The second-order valence-electron chi connectivity index (χ2n) is 8.51. The highest BCUT2D eigenvalue weighted by atomic mass is 32.2. The van der Waals surface area contributed by atoms with Gasteiger partial charge >= 0.3 is 12.5 Å². The molecule has 3 rings (SSSR count). The van der Waals surface area contributed by atoms with Crippen LogP contribution in [0.25, 0.3) is 0 Å². The van der Waals surface area contributed by atoms with E-state index in [0.29, 0.717) is 5.01 Å². The summed E-state index contributed by atoms with van der Waals surface area (Å²) in [6.45, 7) is 5.74. The number of piperidine rings is 1. The third-order valence-corrected chi connectivity index (χ3v) is 7.34. The van der Waals surface area contributed by atoms with Crippen LogP contribution in [0.2, 0.25) is 0 Å². The minimum absolute atomic E-state index is 0.220. The number of hydrogen-bond acceptors (Lipinski definition) is 7. The molecule has 0 saturated carbocycles. The minimum atomic E-state index is -4.88. The molecule has 0 radical (unpaired) electrons. The van der Waals surface area contributed by atoms with E-state index in [0.717, 1.165) is 24.3 Å². The van der Waals surface area contributed by atoms with Gasteiger partial charge in [0.05, 0.1) is 10.4 Å². The average Bonchev–Trinajstić information content (AvgIpc) is 3.21. The second kappa shape index (κ2) is 9.11. The molecule has 1 aromatic heterocycles. The molecule has 1 aliphatic heterocycles. The molecule has 1 aromatic carbocycles. The molecule has 0 unspecified atom stereocenters. The van der Waals surface area contributed by atoms with Crippen LogP contribution >= 0.6 is 11.3 Å². The summed E-state index contributed by atoms with van der Waals surface area (Å²) in [5.41, 5.74) is -1.74. The Kier molecular flexibility index (Phi) is 6.97. The monoisotopic (exact) mass is 507 g/mol. The molecular weight excluding hydrogens is 483 g/mol. The maximum Gasteiger partial charge on any atom is 0.573 e. The SMILES string of the molecule is CC(C)(C)OC(=O)N1CCC(NS(=O)(=O)c2ccc(OC(F)(F)F)cc2)(c2nccs2)CC1. The Morgan fingerprint density at radius 3 is 2.24 bits per heavy atom. The van der Waals surface area contributed by atoms with Gasteiger partial charge in [-0.3, -0.25) is 0 Å². The summed E-state index contributed by atoms with van der Waals surface area (Å²) < 4.78 is 75.2. The fraction of sp³-hybridized carbons (Fsp3) is 0.500. The molecule has 1 aliphatic rings. The Morgan fingerprint density at radius 2 is 1.76 bits per heavy atom. The van der Waals surface area contributed by atoms with E-state index < -0.39 is 39.4 Å². The van der Waals surface area contributed by atoms with E-state index in [4.69, 9.17) is 4.74 Å². The average molecular weight is 508 g/mol. The summed E-state index contributed by atoms with van der Waals surface area (Å²) >= 11 is 1.27. The van der Waals surface area contributed by atoms with E-state index in [1.54, 1.807) is 32.3 Å². The largest absolute Gasteiger partial charge is 0.573 e. The van der Waals surface area contributed by atoms with Crippen molar-refractivity contribution in [3.63, 3.8) is 0 Å². The summed E-state index contributed by atoms with van der Waals surface area (Å²) in [6.07, 6.45) is -3.32. The lowest BCUT2D eigenvalue weighted by Crippen LogP contribution is -2.54. The number of nitrogens with zero attached hydrogens (tertiary/aromatic N) is 2. The Labute approximate surface area is 193 Å². The lowest BCUT2D eigenvalue weighted by atomic mass is 9.89. The van der Waals surface area contributed by atoms with E-state index >= 15 is 0 Å². The molecular formula is C20H24F3N3O5S2. The maximum atomic E-state index is 13.1. The van der Waals surface area contributed by atoms with Crippen LogP contribution in [0, 0.1) is 0 Å². The first-order chi connectivity index (χ1) is 15.2. The van der Waals surface area contributed by atoms with Gasteiger partial charge in [-0.15, -0.1) is 24.5 Å². The smallest absolute Gasteiger partial charge is 0.444 e. The number of carbonyl (C=O) groups is 1. The number of thiazole rings is 1. The fourth-order valence-corrected chi connectivity index (χ4v) is 5.70. The van der Waals surface area contributed by atoms with Gasteiger partial charge in [-0.25, -0.2) is 18.2 Å². The molecule has 33 heavy (non-hydrogen) atoms. The first kappa shape index (κ1) is 25.2. The number of nitrogens with one attached hydrogen (secondary N) is 1. The Bertz CT molecular complexity index is 1060. The second-order valence-corrected chi connectivity index (χ2v) is 11.1. The summed E-state index contributed by atoms with van der Waals surface area (Å²) in [4.78, 5) is 18.0. The van der Waals surface area contributed by atoms with E-state index in [1.807, 2.05) is 0 Å². The third kappa shape index (κ3) is 6.58. The van der Waals surface area contributed by atoms with Crippen LogP contribution in [0.1, 0.15) is 38.6 Å². The third-order valence-electron chi connectivity index (χ3n) is 4.81. The van der Waals surface area contributed by atoms with Crippen molar-refractivity contribution in [1.29, 1.82) is 0 Å². The maximum absolute atomic E-state index is 13.1. The lowest BCUT2D eigenvalue weighted by Gasteiger charge is -2.41. The van der Waals surface area contributed by atoms with Crippen LogP contribution in [0.4, 0.5) is 18.0 Å². The highest BCUT2D eigenvalue weighted by Gasteiger charge is 2.43. The van der Waals surface area contributed by atoms with Gasteiger partial charge in [0.25, 0.3) is 0 Å². The quantitative estimate of drug-likeness (QED) is 0.650. The van der Waals surface area contributed by atoms with Gasteiger partial charge in [0.2, 0.25) is 10.0 Å². The summed E-state index contributed by atoms with van der Waals surface area (Å²) in [6, 6.07) is 3.94. The molecule has 1 amide bonds. The van der Waals surface area contributed by atoms with Gasteiger partial charge in [0.1, 0.15) is 16.4 Å². The van der Waals surface area contributed by atoms with Gasteiger partial charge in [0.15, 0.2) is 0 Å². The molecule has 8 nitrogen and oxygen atoms in total. The summed E-state index contributed by atoms with van der Waals surface area (Å²) in [5.74, 6) is -0.526. The van der Waals surface area contributed by atoms with Crippen molar-refractivity contribution in [3.8, 4) is 5.75 Å². The van der Waals surface area contributed by atoms with Crippen LogP contribution in [-0.4, -0.2) is 49.4 Å². The molecule has 0 bridgehead atoms. The van der Waals surface area contributed by atoms with Gasteiger partial charge in [0, 0.05) is 24.7 Å². The molecule has 1 fully saturated rings. The van der Waals surface area contributed by atoms with Gasteiger partial charge in [-0.2, -0.15) is 4.72 Å².